The van der Waals surface area contributed by atoms with E-state index in [2.05, 4.69) is 0 Å². The van der Waals surface area contributed by atoms with Crippen LogP contribution in [0, 0.1) is 5.82 Å². The molecule has 5 heteroatoms. The maximum absolute atomic E-state index is 13.6. The molecule has 0 aliphatic carbocycles. The number of ether oxygens (including phenoxy) is 2. The largest absolute Gasteiger partial charge is 0.491 e. The van der Waals surface area contributed by atoms with Gasteiger partial charge in [-0.05, 0) is 51.8 Å². The summed E-state index contributed by atoms with van der Waals surface area (Å²) in [6.07, 6.45) is 5.60. The Bertz CT molecular complexity index is 535. The van der Waals surface area contributed by atoms with Gasteiger partial charge in [-0.2, -0.15) is 0 Å². The molecule has 0 saturated heterocycles. The SMILES string of the molecule is CC(C)(C)OC(=O)CCCCCCCOc1ccc(C=O)cc1F. The molecule has 134 valence electrons. The number of rotatable bonds is 10. The van der Waals surface area contributed by atoms with Crippen LogP contribution < -0.4 is 4.74 Å². The van der Waals surface area contributed by atoms with Crippen molar-refractivity contribution in [1.82, 2.24) is 0 Å². The van der Waals surface area contributed by atoms with Gasteiger partial charge in [-0.1, -0.05) is 19.3 Å². The summed E-state index contributed by atoms with van der Waals surface area (Å²) in [7, 11) is 0. The number of esters is 1. The van der Waals surface area contributed by atoms with Gasteiger partial charge in [0.1, 0.15) is 11.9 Å². The third-order valence-electron chi connectivity index (χ3n) is 3.29. The number of carbonyl (C=O) groups is 2. The highest BCUT2D eigenvalue weighted by Crippen LogP contribution is 2.18. The first-order valence-electron chi connectivity index (χ1n) is 8.41. The molecule has 0 N–H and O–H groups in total. The number of benzene rings is 1. The molecule has 0 aliphatic heterocycles. The molecule has 0 unspecified atom stereocenters. The summed E-state index contributed by atoms with van der Waals surface area (Å²) in [6.45, 7) is 6.02. The van der Waals surface area contributed by atoms with Crippen molar-refractivity contribution in [3.8, 4) is 5.75 Å². The molecule has 1 rings (SSSR count). The molecule has 0 fully saturated rings. The fourth-order valence-corrected chi connectivity index (χ4v) is 2.18. The van der Waals surface area contributed by atoms with Crippen LogP contribution in [-0.4, -0.2) is 24.5 Å². The molecular formula is C19H27FO4. The highest BCUT2D eigenvalue weighted by atomic mass is 19.1. The van der Waals surface area contributed by atoms with Crippen LogP contribution in [0.2, 0.25) is 0 Å². The van der Waals surface area contributed by atoms with E-state index in [-0.39, 0.29) is 11.7 Å². The molecule has 0 aliphatic rings. The molecule has 0 bridgehead atoms. The Morgan fingerprint density at radius 2 is 1.79 bits per heavy atom. The first-order chi connectivity index (χ1) is 11.3. The summed E-state index contributed by atoms with van der Waals surface area (Å²) in [5, 5.41) is 0. The third-order valence-corrected chi connectivity index (χ3v) is 3.29. The van der Waals surface area contributed by atoms with Crippen LogP contribution in [0.1, 0.15) is 69.7 Å². The average Bonchev–Trinajstić information content (AvgIpc) is 2.49. The Kier molecular flexibility index (Phi) is 8.44. The highest BCUT2D eigenvalue weighted by Gasteiger charge is 2.15. The average molecular weight is 338 g/mol. The fourth-order valence-electron chi connectivity index (χ4n) is 2.18. The number of unbranched alkanes of at least 4 members (excludes halogenated alkanes) is 4. The second kappa shape index (κ2) is 10.1. The monoisotopic (exact) mass is 338 g/mol. The van der Waals surface area contributed by atoms with E-state index in [1.165, 1.54) is 18.2 Å². The number of carbonyl (C=O) groups excluding carboxylic acids is 2. The van der Waals surface area contributed by atoms with Crippen molar-refractivity contribution in [2.45, 2.75) is 64.9 Å². The molecule has 0 radical (unpaired) electrons. The number of halogens is 1. The van der Waals surface area contributed by atoms with E-state index in [1.807, 2.05) is 20.8 Å². The van der Waals surface area contributed by atoms with Gasteiger partial charge < -0.3 is 9.47 Å². The zero-order valence-corrected chi connectivity index (χ0v) is 14.8. The minimum atomic E-state index is -0.517. The quantitative estimate of drug-likeness (QED) is 0.352. The lowest BCUT2D eigenvalue weighted by Crippen LogP contribution is -2.23. The molecular weight excluding hydrogens is 311 g/mol. The molecule has 1 aromatic rings. The minimum absolute atomic E-state index is 0.153. The van der Waals surface area contributed by atoms with Crippen molar-refractivity contribution in [1.29, 1.82) is 0 Å². The summed E-state index contributed by atoms with van der Waals surface area (Å²) in [5.74, 6) is -0.498. The lowest BCUT2D eigenvalue weighted by molar-refractivity contribution is -0.154. The van der Waals surface area contributed by atoms with Crippen molar-refractivity contribution < 1.29 is 23.5 Å². The van der Waals surface area contributed by atoms with E-state index in [4.69, 9.17) is 9.47 Å². The van der Waals surface area contributed by atoms with Crippen LogP contribution in [0.15, 0.2) is 18.2 Å². The summed E-state index contributed by atoms with van der Waals surface area (Å²) in [4.78, 5) is 22.1. The van der Waals surface area contributed by atoms with Crippen LogP contribution in [0.4, 0.5) is 4.39 Å². The number of hydrogen-bond donors (Lipinski definition) is 0. The van der Waals surface area contributed by atoms with Crippen molar-refractivity contribution in [2.75, 3.05) is 6.61 Å². The Labute approximate surface area is 143 Å². The summed E-state index contributed by atoms with van der Waals surface area (Å²) in [6, 6.07) is 4.17. The highest BCUT2D eigenvalue weighted by molar-refractivity contribution is 5.75. The first kappa shape index (κ1) is 20.1. The Hall–Kier alpha value is -1.91. The van der Waals surface area contributed by atoms with Gasteiger partial charge in [-0.25, -0.2) is 4.39 Å². The van der Waals surface area contributed by atoms with E-state index in [9.17, 15) is 14.0 Å². The topological polar surface area (TPSA) is 52.6 Å². The smallest absolute Gasteiger partial charge is 0.306 e. The van der Waals surface area contributed by atoms with E-state index >= 15 is 0 Å². The number of hydrogen-bond acceptors (Lipinski definition) is 4. The normalized spacial score (nSPS) is 11.2. The van der Waals surface area contributed by atoms with Gasteiger partial charge in [-0.15, -0.1) is 0 Å². The second-order valence-electron chi connectivity index (χ2n) is 6.76. The van der Waals surface area contributed by atoms with Gasteiger partial charge in [0, 0.05) is 12.0 Å². The predicted octanol–water partition coefficient (Wildman–Crippen LogP) is 4.70. The standard InChI is InChI=1S/C19H27FO4/c1-19(2,3)24-18(22)9-7-5-4-6-8-12-23-17-11-10-15(14-21)13-16(17)20/h10-11,13-14H,4-9,12H2,1-3H3. The summed E-state index contributed by atoms with van der Waals surface area (Å²) in [5.41, 5.74) is -0.127. The van der Waals surface area contributed by atoms with Crippen molar-refractivity contribution >= 4 is 12.3 Å². The van der Waals surface area contributed by atoms with Gasteiger partial charge in [0.05, 0.1) is 6.61 Å². The van der Waals surface area contributed by atoms with Crippen LogP contribution in [0.3, 0.4) is 0 Å². The Balaban J connectivity index is 2.07. The zero-order valence-electron chi connectivity index (χ0n) is 14.8. The molecule has 0 spiro atoms. The lowest BCUT2D eigenvalue weighted by Gasteiger charge is -2.19. The van der Waals surface area contributed by atoms with Crippen LogP contribution >= 0.6 is 0 Å². The van der Waals surface area contributed by atoms with E-state index < -0.39 is 11.4 Å². The van der Waals surface area contributed by atoms with Gasteiger partial charge in [0.2, 0.25) is 0 Å². The maximum Gasteiger partial charge on any atom is 0.306 e. The van der Waals surface area contributed by atoms with Crippen molar-refractivity contribution in [3.63, 3.8) is 0 Å². The molecule has 24 heavy (non-hydrogen) atoms. The molecule has 0 aromatic heterocycles. The van der Waals surface area contributed by atoms with Gasteiger partial charge in [-0.3, -0.25) is 9.59 Å². The molecule has 0 atom stereocenters. The van der Waals surface area contributed by atoms with Crippen molar-refractivity contribution in [3.05, 3.63) is 29.6 Å². The van der Waals surface area contributed by atoms with Crippen LogP contribution in [0.5, 0.6) is 5.75 Å². The minimum Gasteiger partial charge on any atom is -0.491 e. The third kappa shape index (κ3) is 8.65. The van der Waals surface area contributed by atoms with Crippen molar-refractivity contribution in [2.24, 2.45) is 0 Å². The molecule has 4 nitrogen and oxygen atoms in total. The molecule has 0 heterocycles. The summed E-state index contributed by atoms with van der Waals surface area (Å²) >= 11 is 0. The fraction of sp³-hybridized carbons (Fsp3) is 0.579. The van der Waals surface area contributed by atoms with E-state index in [0.29, 0.717) is 24.9 Å². The maximum atomic E-state index is 13.6. The zero-order chi connectivity index (χ0) is 18.0. The van der Waals surface area contributed by atoms with Crippen LogP contribution in [-0.2, 0) is 9.53 Å². The summed E-state index contributed by atoms with van der Waals surface area (Å²) < 4.78 is 24.2. The number of aldehydes is 1. The Morgan fingerprint density at radius 1 is 1.12 bits per heavy atom. The lowest BCUT2D eigenvalue weighted by atomic mass is 10.1. The van der Waals surface area contributed by atoms with Gasteiger partial charge in [0.25, 0.3) is 0 Å². The van der Waals surface area contributed by atoms with Crippen LogP contribution in [0.25, 0.3) is 0 Å². The van der Waals surface area contributed by atoms with E-state index in [1.54, 1.807) is 0 Å². The molecule has 0 amide bonds. The second-order valence-corrected chi connectivity index (χ2v) is 6.76. The van der Waals surface area contributed by atoms with Gasteiger partial charge in [0.15, 0.2) is 11.6 Å². The van der Waals surface area contributed by atoms with E-state index in [0.717, 1.165) is 32.1 Å². The first-order valence-corrected chi connectivity index (χ1v) is 8.41. The van der Waals surface area contributed by atoms with Gasteiger partial charge >= 0.3 is 5.97 Å². The predicted molar refractivity (Wildman–Crippen MR) is 90.8 cm³/mol. The molecule has 0 saturated carbocycles. The Morgan fingerprint density at radius 3 is 2.42 bits per heavy atom. The molecule has 1 aromatic carbocycles.